The number of thioether (sulfide) groups is 1. The summed E-state index contributed by atoms with van der Waals surface area (Å²) in [4.78, 5) is 109. The van der Waals surface area contributed by atoms with Gasteiger partial charge in [0.1, 0.15) is 41.7 Å². The van der Waals surface area contributed by atoms with Crippen LogP contribution in [0.1, 0.15) is 147 Å². The van der Waals surface area contributed by atoms with Crippen molar-refractivity contribution in [1.82, 2.24) is 16.0 Å². The van der Waals surface area contributed by atoms with E-state index in [1.807, 2.05) is 50.2 Å². The van der Waals surface area contributed by atoms with Crippen LogP contribution in [0.2, 0.25) is 0 Å². The minimum absolute atomic E-state index is 0.00821. The smallest absolute Gasteiger partial charge is 0.339 e. The number of amides is 4. The van der Waals surface area contributed by atoms with Gasteiger partial charge < -0.3 is 35.8 Å². The Bertz CT molecular complexity index is 3080. The zero-order valence-electron chi connectivity index (χ0n) is 48.0. The summed E-state index contributed by atoms with van der Waals surface area (Å²) in [5, 5.41) is 21.4. The quantitative estimate of drug-likeness (QED) is 0.0527. The van der Waals surface area contributed by atoms with E-state index in [2.05, 4.69) is 33.4 Å². The van der Waals surface area contributed by atoms with Crippen LogP contribution in [0, 0.1) is 34.4 Å². The molecule has 8 rings (SSSR count). The number of hydrogen-bond donors (Lipinski definition) is 5. The molecule has 83 heavy (non-hydrogen) atoms. The van der Waals surface area contributed by atoms with Crippen molar-refractivity contribution in [2.24, 2.45) is 28.6 Å². The van der Waals surface area contributed by atoms with E-state index in [-0.39, 0.29) is 80.0 Å². The van der Waals surface area contributed by atoms with Crippen LogP contribution in [0.25, 0.3) is 11.1 Å². The Balaban J connectivity index is 0.967. The Morgan fingerprint density at radius 1 is 0.855 bits per heavy atom. The number of ether oxygens (including phenoxy) is 2. The number of anilines is 1. The molecule has 20 heteroatoms. The predicted octanol–water partition coefficient (Wildman–Crippen LogP) is 9.79. The summed E-state index contributed by atoms with van der Waals surface area (Å²) in [5.74, 6) is -8.54. The van der Waals surface area contributed by atoms with Crippen molar-refractivity contribution in [2.75, 3.05) is 11.3 Å². The normalized spacial score (nSPS) is 27.1. The second-order valence-corrected chi connectivity index (χ2v) is 25.5. The number of alkyl halides is 3. The molecule has 11 atom stereocenters. The van der Waals surface area contributed by atoms with E-state index in [1.54, 1.807) is 20.8 Å². The summed E-state index contributed by atoms with van der Waals surface area (Å²) in [6.07, 6.45) is -1.10. The number of carbonyl (C=O) groups is 8. The van der Waals surface area contributed by atoms with Gasteiger partial charge in [-0.1, -0.05) is 75.4 Å². The average Bonchev–Trinajstić information content (AvgIpc) is 4.14. The number of aliphatic hydroxyl groups excluding tert-OH is 1. The fraction of sp³-hybridized carbons (Fsp3) is 0.524. The number of benzene rings is 3. The van der Waals surface area contributed by atoms with Gasteiger partial charge >= 0.3 is 11.9 Å². The number of aliphatic hydroxyl groups is 1. The molecular formula is C63H74F4N4O11S. The van der Waals surface area contributed by atoms with E-state index in [0.717, 1.165) is 52.6 Å². The standard InChI is InChI=1S/C63H74F4N4O11S/c1-34(2)28-50(69-52(74)23-21-42-40-16-11-9-14-38(40)39-15-10-12-17-41(39)42)56(78)68-35(3)54(76)70-48(18-13-19-53(75)81-59(4,5)6)55(77)71-49-29-36(20-22-46(49)65)57(79)82-62(58(80)83-33-64)27-25-43-44-31-47(66)45-30-37(72)24-26-60(45,7)63(44,67)51(73)32-61(43,62)8/h9-12,14-17,20,22,24,26,29-30,34-35,42-44,47-48,50-51,73H,13,18-19,21,23,25,27-28,31-33H2,1-8H3,(H,68,78)(H,69,74)(H,70,76)(H,71,77)/t35-,43-,44-,47-,48-,50+,51-,60-,61-,62-,63-/m0/s1. The summed E-state index contributed by atoms with van der Waals surface area (Å²) in [6, 6.07) is 13.8. The largest absolute Gasteiger partial charge is 0.460 e. The highest BCUT2D eigenvalue weighted by Gasteiger charge is 2.76. The topological polar surface area (TPSA) is 223 Å². The number of carbonyl (C=O) groups excluding carboxylic acids is 8. The first kappa shape index (κ1) is 62.4. The molecule has 0 heterocycles. The molecule has 5 N–H and O–H groups in total. The maximum absolute atomic E-state index is 17.9. The molecule has 0 bridgehead atoms. The van der Waals surface area contributed by atoms with Gasteiger partial charge in [0.2, 0.25) is 28.7 Å². The zero-order valence-corrected chi connectivity index (χ0v) is 48.8. The molecule has 446 valence electrons. The van der Waals surface area contributed by atoms with Crippen molar-refractivity contribution < 1.29 is 70.5 Å². The lowest BCUT2D eigenvalue weighted by Gasteiger charge is -2.63. The van der Waals surface area contributed by atoms with Gasteiger partial charge in [-0.3, -0.25) is 33.6 Å². The highest BCUT2D eigenvalue weighted by molar-refractivity contribution is 8.13. The van der Waals surface area contributed by atoms with Gasteiger partial charge in [0, 0.05) is 35.5 Å². The van der Waals surface area contributed by atoms with Crippen molar-refractivity contribution in [3.63, 3.8) is 0 Å². The zero-order chi connectivity index (χ0) is 60.6. The molecule has 3 aromatic carbocycles. The van der Waals surface area contributed by atoms with Gasteiger partial charge in [-0.15, -0.1) is 0 Å². The third-order valence-corrected chi connectivity index (χ3v) is 18.4. The Labute approximate surface area is 485 Å². The van der Waals surface area contributed by atoms with E-state index >= 15 is 13.2 Å². The van der Waals surface area contributed by atoms with Crippen LogP contribution >= 0.6 is 11.8 Å². The molecule has 0 aromatic heterocycles. The van der Waals surface area contributed by atoms with Crippen molar-refractivity contribution >= 4 is 63.9 Å². The fourth-order valence-corrected chi connectivity index (χ4v) is 14.4. The average molecular weight is 1170 g/mol. The molecule has 3 fully saturated rings. The number of rotatable bonds is 20. The first-order valence-corrected chi connectivity index (χ1v) is 29.4. The predicted molar refractivity (Wildman–Crippen MR) is 304 cm³/mol. The molecule has 0 radical (unpaired) electrons. The molecule has 0 unspecified atom stereocenters. The number of hydrogen-bond acceptors (Lipinski definition) is 12. The second-order valence-electron chi connectivity index (χ2n) is 24.6. The molecule has 0 aliphatic heterocycles. The summed E-state index contributed by atoms with van der Waals surface area (Å²) in [5.41, 5.74) is -5.59. The molecular weight excluding hydrogens is 1100 g/mol. The van der Waals surface area contributed by atoms with Gasteiger partial charge in [-0.25, -0.2) is 22.4 Å². The maximum Gasteiger partial charge on any atom is 0.339 e. The Kier molecular flexibility index (Phi) is 18.4. The summed E-state index contributed by atoms with van der Waals surface area (Å²) >= 11 is 0.202. The Morgan fingerprint density at radius 2 is 1.52 bits per heavy atom. The molecule has 5 aliphatic carbocycles. The number of allylic oxidation sites excluding steroid dienone is 4. The van der Waals surface area contributed by atoms with Crippen LogP contribution in [0.3, 0.4) is 0 Å². The number of nitrogens with one attached hydrogen (secondary N) is 4. The van der Waals surface area contributed by atoms with E-state index in [4.69, 9.17) is 9.47 Å². The lowest BCUT2D eigenvalue weighted by atomic mass is 9.44. The van der Waals surface area contributed by atoms with E-state index in [9.17, 15) is 47.9 Å². The van der Waals surface area contributed by atoms with Crippen LogP contribution in [-0.2, 0) is 43.0 Å². The molecule has 0 spiro atoms. The third kappa shape index (κ3) is 12.3. The van der Waals surface area contributed by atoms with Crippen molar-refractivity contribution in [3.8, 4) is 11.1 Å². The lowest BCUT2D eigenvalue weighted by Crippen LogP contribution is -2.70. The van der Waals surface area contributed by atoms with Gasteiger partial charge in [-0.05, 0) is 168 Å². The van der Waals surface area contributed by atoms with Gasteiger partial charge in [-0.2, -0.15) is 0 Å². The van der Waals surface area contributed by atoms with Crippen molar-refractivity contribution in [2.45, 2.75) is 173 Å². The second kappa shape index (κ2) is 24.5. The highest BCUT2D eigenvalue weighted by atomic mass is 32.2. The van der Waals surface area contributed by atoms with Crippen molar-refractivity contribution in [3.05, 3.63) is 113 Å². The molecule has 15 nitrogen and oxygen atoms in total. The minimum atomic E-state index is -2.53. The van der Waals surface area contributed by atoms with Crippen LogP contribution in [0.15, 0.2) is 90.5 Å². The van der Waals surface area contributed by atoms with Gasteiger partial charge in [0.15, 0.2) is 17.1 Å². The monoisotopic (exact) mass is 1170 g/mol. The van der Waals surface area contributed by atoms with Crippen LogP contribution in [-0.4, -0.2) is 105 Å². The summed E-state index contributed by atoms with van der Waals surface area (Å²) in [7, 11) is 0. The van der Waals surface area contributed by atoms with Crippen LogP contribution in [0.5, 0.6) is 0 Å². The maximum atomic E-state index is 17.9. The molecule has 4 amide bonds. The lowest BCUT2D eigenvalue weighted by molar-refractivity contribution is -0.219. The van der Waals surface area contributed by atoms with Crippen molar-refractivity contribution in [1.29, 1.82) is 0 Å². The molecule has 0 saturated heterocycles. The van der Waals surface area contributed by atoms with Crippen LogP contribution in [0.4, 0.5) is 23.2 Å². The number of esters is 2. The SMILES string of the molecule is CC(C)C[C@@H](NC(=O)CCC1c2ccccc2-c2ccccc21)C(=O)N[C@@H](C)C(=O)N[C@@H](CCCC(=O)OC(C)(C)C)C(=O)Nc1cc(C(=O)O[C@]2(C(=O)SCF)CC[C@H]3[C@@H]4C[C@H](F)C5=CC(=O)C=C[C@]5(C)[C@@]4(F)[C@@H](O)C[C@@]32C)ccc1F. The number of halogens is 4. The fourth-order valence-electron chi connectivity index (χ4n) is 13.7. The molecule has 5 aliphatic rings. The minimum Gasteiger partial charge on any atom is -0.460 e. The number of ketones is 1. The number of fused-ring (bicyclic) bond motifs is 8. The molecule has 3 aromatic rings. The van der Waals surface area contributed by atoms with Crippen LogP contribution < -0.4 is 21.3 Å². The Morgan fingerprint density at radius 3 is 2.16 bits per heavy atom. The van der Waals surface area contributed by atoms with E-state index in [1.165, 1.54) is 26.8 Å². The van der Waals surface area contributed by atoms with Gasteiger partial charge in [0.05, 0.1) is 17.4 Å². The Hall–Kier alpha value is -6.67. The van der Waals surface area contributed by atoms with E-state index in [0.29, 0.717) is 6.42 Å². The summed E-state index contributed by atoms with van der Waals surface area (Å²) < 4.78 is 75.6. The summed E-state index contributed by atoms with van der Waals surface area (Å²) in [6.45, 7) is 13.1. The third-order valence-electron chi connectivity index (χ3n) is 17.7. The van der Waals surface area contributed by atoms with Gasteiger partial charge in [0.25, 0.3) is 0 Å². The van der Waals surface area contributed by atoms with E-state index < -0.39 is 146 Å². The highest BCUT2D eigenvalue weighted by Crippen LogP contribution is 2.71. The molecule has 3 saturated carbocycles. The first-order valence-electron chi connectivity index (χ1n) is 28.4. The first-order chi connectivity index (χ1) is 39.1.